The molecule has 0 bridgehead atoms. The van der Waals surface area contributed by atoms with Crippen LogP contribution in [0.15, 0.2) is 73.3 Å². The maximum Gasteiger partial charge on any atom is 0.261 e. The van der Waals surface area contributed by atoms with Crippen LogP contribution in [0.2, 0.25) is 0 Å². The van der Waals surface area contributed by atoms with Gasteiger partial charge in [-0.05, 0) is 36.8 Å². The summed E-state index contributed by atoms with van der Waals surface area (Å²) >= 11 is 0. The minimum atomic E-state index is -0.435. The Kier molecular flexibility index (Phi) is 4.65. The second kappa shape index (κ2) is 7.84. The number of nitrogens with zero attached hydrogens (tertiary/aromatic N) is 5. The van der Waals surface area contributed by atoms with Gasteiger partial charge >= 0.3 is 0 Å². The number of hydrogen-bond acceptors (Lipinski definition) is 4. The zero-order chi connectivity index (χ0) is 23.2. The Morgan fingerprint density at radius 1 is 0.882 bits per heavy atom. The molecule has 168 valence electrons. The minimum absolute atomic E-state index is 0.295. The number of rotatable bonds is 6. The van der Waals surface area contributed by atoms with E-state index in [0.29, 0.717) is 29.0 Å². The predicted molar refractivity (Wildman–Crippen MR) is 129 cm³/mol. The molecule has 5 aromatic rings. The molecule has 1 aliphatic rings. The Morgan fingerprint density at radius 3 is 2.50 bits per heavy atom. The quantitative estimate of drug-likeness (QED) is 0.402. The molecule has 0 saturated heterocycles. The molecule has 34 heavy (non-hydrogen) atoms. The zero-order valence-corrected chi connectivity index (χ0v) is 18.6. The molecule has 8 nitrogen and oxygen atoms in total. The van der Waals surface area contributed by atoms with Crippen LogP contribution in [-0.2, 0) is 29.7 Å². The number of aromatic nitrogens is 5. The summed E-state index contributed by atoms with van der Waals surface area (Å²) in [6.45, 7) is 1.48. The van der Waals surface area contributed by atoms with Crippen molar-refractivity contribution in [2.45, 2.75) is 19.5 Å². The fourth-order valence-electron chi connectivity index (χ4n) is 4.75. The number of nitrogens with one attached hydrogen (secondary N) is 1. The average Bonchev–Trinajstić information content (AvgIpc) is 3.61. The molecular weight excluding hydrogens is 428 g/mol. The first kappa shape index (κ1) is 20.2. The Hall–Kier alpha value is -4.46. The van der Waals surface area contributed by atoms with E-state index in [4.69, 9.17) is 5.10 Å². The second-order valence-electron chi connectivity index (χ2n) is 8.42. The normalized spacial score (nSPS) is 14.0. The van der Waals surface area contributed by atoms with Crippen LogP contribution in [0.5, 0.6) is 0 Å². The molecule has 0 atom stereocenters. The van der Waals surface area contributed by atoms with Crippen LogP contribution in [-0.4, -0.2) is 35.7 Å². The first-order valence-electron chi connectivity index (χ1n) is 11.2. The maximum absolute atomic E-state index is 13.1. The lowest BCUT2D eigenvalue weighted by Gasteiger charge is -2.04. The fourth-order valence-corrected chi connectivity index (χ4v) is 4.75. The third-order valence-corrected chi connectivity index (χ3v) is 6.29. The number of fused-ring (bicyclic) bond motifs is 2. The van der Waals surface area contributed by atoms with Gasteiger partial charge in [0.15, 0.2) is 5.65 Å². The summed E-state index contributed by atoms with van der Waals surface area (Å²) in [6.07, 6.45) is 8.52. The molecule has 6 rings (SSSR count). The molecule has 0 saturated carbocycles. The van der Waals surface area contributed by atoms with Gasteiger partial charge in [-0.3, -0.25) is 14.9 Å². The molecule has 2 amide bonds. The second-order valence-corrected chi connectivity index (χ2v) is 8.42. The first-order chi connectivity index (χ1) is 16.6. The third kappa shape index (κ3) is 3.14. The molecule has 4 aromatic heterocycles. The number of carbonyl (C=O) groups excluding carboxylic acids is 2. The van der Waals surface area contributed by atoms with Crippen molar-refractivity contribution in [3.63, 3.8) is 0 Å². The van der Waals surface area contributed by atoms with Gasteiger partial charge in [-0.2, -0.15) is 5.10 Å². The Bertz CT molecular complexity index is 1600. The highest BCUT2D eigenvalue weighted by molar-refractivity contribution is 6.50. The van der Waals surface area contributed by atoms with E-state index in [1.165, 1.54) is 0 Å². The molecule has 1 N–H and O–H groups in total. The van der Waals surface area contributed by atoms with Crippen molar-refractivity contribution in [3.8, 4) is 0 Å². The number of carbonyl (C=O) groups is 2. The lowest BCUT2D eigenvalue weighted by molar-refractivity contribution is -0.122. The molecule has 0 unspecified atom stereocenters. The van der Waals surface area contributed by atoms with Crippen molar-refractivity contribution in [2.24, 2.45) is 7.05 Å². The summed E-state index contributed by atoms with van der Waals surface area (Å²) in [6, 6.07) is 15.6. The summed E-state index contributed by atoms with van der Waals surface area (Å²) in [5.41, 5.74) is 3.53. The average molecular weight is 451 g/mol. The van der Waals surface area contributed by atoms with E-state index in [-0.39, 0.29) is 0 Å². The lowest BCUT2D eigenvalue weighted by atomic mass is 9.98. The van der Waals surface area contributed by atoms with Crippen molar-refractivity contribution in [3.05, 3.63) is 84.6 Å². The molecule has 0 spiro atoms. The molecule has 0 aliphatic carbocycles. The van der Waals surface area contributed by atoms with E-state index in [9.17, 15) is 9.59 Å². The third-order valence-electron chi connectivity index (χ3n) is 6.29. The van der Waals surface area contributed by atoms with Crippen LogP contribution in [0.4, 0.5) is 0 Å². The van der Waals surface area contributed by atoms with Crippen LogP contribution in [0.1, 0.15) is 17.7 Å². The Labute approximate surface area is 195 Å². The smallest absolute Gasteiger partial charge is 0.261 e. The van der Waals surface area contributed by atoms with Gasteiger partial charge in [0, 0.05) is 66.8 Å². The molecule has 5 heterocycles. The molecule has 0 fully saturated rings. The van der Waals surface area contributed by atoms with E-state index in [1.807, 2.05) is 83.4 Å². The Balaban J connectivity index is 1.50. The molecule has 1 aromatic carbocycles. The van der Waals surface area contributed by atoms with Crippen LogP contribution in [0, 0.1) is 0 Å². The van der Waals surface area contributed by atoms with Crippen LogP contribution < -0.4 is 5.32 Å². The number of para-hydroxylation sites is 1. The summed E-state index contributed by atoms with van der Waals surface area (Å²) in [5, 5.41) is 8.96. The van der Waals surface area contributed by atoms with Crippen molar-refractivity contribution in [2.75, 3.05) is 0 Å². The van der Waals surface area contributed by atoms with Gasteiger partial charge in [-0.1, -0.05) is 18.2 Å². The highest BCUT2D eigenvalue weighted by atomic mass is 16.2. The summed E-state index contributed by atoms with van der Waals surface area (Å²) in [7, 11) is 1.93. The van der Waals surface area contributed by atoms with Crippen LogP contribution >= 0.6 is 0 Å². The van der Waals surface area contributed by atoms with E-state index >= 15 is 0 Å². The van der Waals surface area contributed by atoms with Gasteiger partial charge in [-0.15, -0.1) is 0 Å². The van der Waals surface area contributed by atoms with Gasteiger partial charge in [0.25, 0.3) is 11.8 Å². The van der Waals surface area contributed by atoms with Crippen molar-refractivity contribution < 1.29 is 9.59 Å². The van der Waals surface area contributed by atoms with E-state index in [0.717, 1.165) is 34.8 Å². The standard InChI is InChI=1S/C26H22N6O2/c1-30-16-19(17-8-2-3-10-20(17)30)21-22(26(34)28-25(21)33)23-18-9-6-11-27-24(18)32(29-23)15-7-14-31-12-4-5-13-31/h2-6,8-13,16H,7,14-15H2,1H3,(H,28,33,34). The van der Waals surface area contributed by atoms with Gasteiger partial charge in [0.2, 0.25) is 0 Å². The lowest BCUT2D eigenvalue weighted by Crippen LogP contribution is -2.22. The molecule has 8 heteroatoms. The van der Waals surface area contributed by atoms with Crippen LogP contribution in [0.25, 0.3) is 33.1 Å². The molecular formula is C26H22N6O2. The predicted octanol–water partition coefficient (Wildman–Crippen LogP) is 3.38. The van der Waals surface area contributed by atoms with Gasteiger partial charge in [0.1, 0.15) is 5.69 Å². The topological polar surface area (TPSA) is 86.7 Å². The minimum Gasteiger partial charge on any atom is -0.354 e. The van der Waals surface area contributed by atoms with E-state index < -0.39 is 11.8 Å². The number of amides is 2. The fraction of sp³-hybridized carbons (Fsp3) is 0.154. The molecule has 0 radical (unpaired) electrons. The monoisotopic (exact) mass is 450 g/mol. The maximum atomic E-state index is 13.1. The van der Waals surface area contributed by atoms with Crippen molar-refractivity contribution in [1.29, 1.82) is 0 Å². The zero-order valence-electron chi connectivity index (χ0n) is 18.6. The summed E-state index contributed by atoms with van der Waals surface area (Å²) < 4.78 is 5.91. The SMILES string of the molecule is Cn1cc(C2=C(c3nn(CCCn4cccc4)c4ncccc34)C(=O)NC2=O)c2ccccc21. The Morgan fingerprint density at radius 2 is 1.65 bits per heavy atom. The molecule has 1 aliphatic heterocycles. The van der Waals surface area contributed by atoms with E-state index in [1.54, 1.807) is 6.20 Å². The van der Waals surface area contributed by atoms with Gasteiger partial charge in [0.05, 0.1) is 11.1 Å². The van der Waals surface area contributed by atoms with Crippen LogP contribution in [0.3, 0.4) is 0 Å². The number of hydrogen-bond donors (Lipinski definition) is 1. The summed E-state index contributed by atoms with van der Waals surface area (Å²) in [4.78, 5) is 30.6. The van der Waals surface area contributed by atoms with E-state index in [2.05, 4.69) is 14.9 Å². The number of imide groups is 1. The largest absolute Gasteiger partial charge is 0.354 e. The van der Waals surface area contributed by atoms with Gasteiger partial charge in [-0.25, -0.2) is 9.67 Å². The van der Waals surface area contributed by atoms with Crippen molar-refractivity contribution in [1.82, 2.24) is 29.2 Å². The highest BCUT2D eigenvalue weighted by Crippen LogP contribution is 2.37. The van der Waals surface area contributed by atoms with Crippen molar-refractivity contribution >= 4 is 44.9 Å². The number of benzene rings is 1. The summed E-state index contributed by atoms with van der Waals surface area (Å²) in [5.74, 6) is -0.841. The first-order valence-corrected chi connectivity index (χ1v) is 11.2. The number of pyridine rings is 1. The number of aryl methyl sites for hydroxylation is 3. The highest BCUT2D eigenvalue weighted by Gasteiger charge is 2.36. The van der Waals surface area contributed by atoms with Gasteiger partial charge < -0.3 is 9.13 Å².